The maximum Gasteiger partial charge on any atom is 0.262 e. The minimum absolute atomic E-state index is 0.586. The maximum absolute atomic E-state index is 10.2. The molecule has 1 unspecified atom stereocenters. The van der Waals surface area contributed by atoms with E-state index in [4.69, 9.17) is 4.55 Å². The molecule has 46 valence electrons. The second-order valence-electron chi connectivity index (χ2n) is 1.23. The van der Waals surface area contributed by atoms with Gasteiger partial charge in [-0.1, -0.05) is 0 Å². The minimum Gasteiger partial charge on any atom is -0.289 e. The van der Waals surface area contributed by atoms with Crippen molar-refractivity contribution in [2.24, 2.45) is 0 Å². The van der Waals surface area contributed by atoms with Crippen LogP contribution in [-0.2, 0) is 11.3 Å². The van der Waals surface area contributed by atoms with E-state index < -0.39 is 11.3 Å². The number of hydrogen-bond donors (Lipinski definition) is 1. The molecule has 8 heavy (non-hydrogen) atoms. The zero-order valence-electron chi connectivity index (χ0n) is 3.98. The lowest BCUT2D eigenvalue weighted by atomic mass is 11.0. The van der Waals surface area contributed by atoms with Crippen molar-refractivity contribution >= 4 is 23.0 Å². The molecule has 1 rings (SSSR count). The van der Waals surface area contributed by atoms with Crippen LogP contribution in [0.2, 0.25) is 0 Å². The van der Waals surface area contributed by atoms with Gasteiger partial charge in [-0.25, -0.2) is 4.21 Å². The maximum atomic E-state index is 10.2. The van der Waals surface area contributed by atoms with E-state index in [1.165, 1.54) is 16.1 Å². The van der Waals surface area contributed by atoms with Crippen molar-refractivity contribution in [1.82, 2.24) is 4.31 Å². The molecule has 0 fully saturated rings. The van der Waals surface area contributed by atoms with E-state index in [2.05, 4.69) is 0 Å². The topological polar surface area (TPSA) is 40.5 Å². The van der Waals surface area contributed by atoms with E-state index in [0.717, 1.165) is 0 Å². The van der Waals surface area contributed by atoms with Gasteiger partial charge in [-0.05, 0) is 5.41 Å². The molecule has 0 radical (unpaired) electrons. The summed E-state index contributed by atoms with van der Waals surface area (Å²) in [5, 5.41) is 1.79. The van der Waals surface area contributed by atoms with Crippen LogP contribution >= 0.6 is 11.8 Å². The van der Waals surface area contributed by atoms with Crippen molar-refractivity contribution in [3.8, 4) is 0 Å². The van der Waals surface area contributed by atoms with Crippen molar-refractivity contribution in [2.75, 3.05) is 5.88 Å². The highest BCUT2D eigenvalue weighted by atomic mass is 32.2. The van der Waals surface area contributed by atoms with Gasteiger partial charge < -0.3 is 0 Å². The highest BCUT2D eigenvalue weighted by Gasteiger charge is 2.07. The predicted octanol–water partition coefficient (Wildman–Crippen LogP) is 0.601. The van der Waals surface area contributed by atoms with Gasteiger partial charge >= 0.3 is 0 Å². The van der Waals surface area contributed by atoms with Crippen molar-refractivity contribution in [1.29, 1.82) is 0 Å². The molecule has 3 nitrogen and oxygen atoms in total. The Balaban J connectivity index is 2.48. The third-order valence-corrected chi connectivity index (χ3v) is 2.28. The van der Waals surface area contributed by atoms with Crippen molar-refractivity contribution in [3.63, 3.8) is 0 Å². The third-order valence-electron chi connectivity index (χ3n) is 0.726. The monoisotopic (exact) mass is 151 g/mol. The molecule has 0 bridgehead atoms. The molecule has 1 N–H and O–H groups in total. The van der Waals surface area contributed by atoms with Crippen LogP contribution in [0.3, 0.4) is 0 Å². The number of thioether (sulfide) groups is 1. The highest BCUT2D eigenvalue weighted by molar-refractivity contribution is 8.02. The average molecular weight is 151 g/mol. The van der Waals surface area contributed by atoms with E-state index in [9.17, 15) is 4.21 Å². The summed E-state index contributed by atoms with van der Waals surface area (Å²) in [6.45, 7) is 0. The number of nitrogens with zero attached hydrogens (tertiary/aromatic N) is 1. The van der Waals surface area contributed by atoms with Crippen molar-refractivity contribution < 1.29 is 8.76 Å². The standard InChI is InChI=1S/C3H5NO2S2/c5-8(6)4-1-2-7-3-4/h1-2H,3H2,(H,5,6). The molecular formula is C3H5NO2S2. The second-order valence-corrected chi connectivity index (χ2v) is 3.02. The number of rotatable bonds is 1. The normalized spacial score (nSPS) is 21.9. The van der Waals surface area contributed by atoms with E-state index in [1.54, 1.807) is 11.6 Å². The van der Waals surface area contributed by atoms with E-state index >= 15 is 0 Å². The molecule has 0 aromatic heterocycles. The molecule has 5 heteroatoms. The summed E-state index contributed by atoms with van der Waals surface area (Å²) < 4.78 is 19.9. The predicted molar refractivity (Wildman–Crippen MR) is 34.2 cm³/mol. The van der Waals surface area contributed by atoms with Crippen LogP contribution in [0.5, 0.6) is 0 Å². The van der Waals surface area contributed by atoms with Crippen LogP contribution in [0.4, 0.5) is 0 Å². The molecule has 0 amide bonds. The van der Waals surface area contributed by atoms with Crippen LogP contribution in [0.15, 0.2) is 11.6 Å². The molecule has 0 spiro atoms. The Labute approximate surface area is 54.2 Å². The van der Waals surface area contributed by atoms with E-state index in [0.29, 0.717) is 5.88 Å². The summed E-state index contributed by atoms with van der Waals surface area (Å²) in [6, 6.07) is 0. The first-order valence-electron chi connectivity index (χ1n) is 1.96. The Hall–Kier alpha value is -0.000000000000000111. The summed E-state index contributed by atoms with van der Waals surface area (Å²) >= 11 is -0.312. The quantitative estimate of drug-likeness (QED) is 0.558. The molecule has 1 heterocycles. The van der Waals surface area contributed by atoms with Gasteiger partial charge in [0.05, 0.1) is 5.88 Å². The summed E-state index contributed by atoms with van der Waals surface area (Å²) in [4.78, 5) is 0. The summed E-state index contributed by atoms with van der Waals surface area (Å²) in [7, 11) is 0. The second kappa shape index (κ2) is 2.52. The van der Waals surface area contributed by atoms with Crippen LogP contribution in [0.25, 0.3) is 0 Å². The first-order valence-corrected chi connectivity index (χ1v) is 4.08. The van der Waals surface area contributed by atoms with E-state index in [1.807, 2.05) is 0 Å². The Morgan fingerprint density at radius 2 is 2.62 bits per heavy atom. The van der Waals surface area contributed by atoms with Gasteiger partial charge in [0.25, 0.3) is 11.3 Å². The molecule has 0 aromatic carbocycles. The Kier molecular flexibility index (Phi) is 1.93. The molecule has 0 saturated heterocycles. The molecule has 1 atom stereocenters. The SMILES string of the molecule is O=S(O)N1C=CSC1. The lowest BCUT2D eigenvalue weighted by Crippen LogP contribution is -2.14. The van der Waals surface area contributed by atoms with Crippen LogP contribution < -0.4 is 0 Å². The van der Waals surface area contributed by atoms with Gasteiger partial charge in [-0.2, -0.15) is 0 Å². The third kappa shape index (κ3) is 1.24. The fraction of sp³-hybridized carbons (Fsp3) is 0.333. The largest absolute Gasteiger partial charge is 0.289 e. The van der Waals surface area contributed by atoms with Crippen molar-refractivity contribution in [2.45, 2.75) is 0 Å². The first-order chi connectivity index (χ1) is 3.80. The molecule has 0 aliphatic carbocycles. The molecule has 1 aliphatic heterocycles. The van der Waals surface area contributed by atoms with Crippen LogP contribution in [0, 0.1) is 0 Å². The lowest BCUT2D eigenvalue weighted by molar-refractivity contribution is 0.504. The summed E-state index contributed by atoms with van der Waals surface area (Å²) in [5.74, 6) is 0.586. The zero-order valence-corrected chi connectivity index (χ0v) is 5.61. The average Bonchev–Trinajstić information content (AvgIpc) is 2.12. The minimum atomic E-state index is -1.82. The molecule has 0 aromatic rings. The van der Waals surface area contributed by atoms with Crippen molar-refractivity contribution in [3.05, 3.63) is 11.6 Å². The molecule has 0 saturated carbocycles. The summed E-state index contributed by atoms with van der Waals surface area (Å²) in [6.07, 6.45) is 1.60. The molecule has 1 aliphatic rings. The van der Waals surface area contributed by atoms with Gasteiger partial charge in [-0.15, -0.1) is 11.8 Å². The van der Waals surface area contributed by atoms with Crippen LogP contribution in [-0.4, -0.2) is 18.9 Å². The summed E-state index contributed by atoms with van der Waals surface area (Å²) in [5.41, 5.74) is 0. The first kappa shape index (κ1) is 6.12. The highest BCUT2D eigenvalue weighted by Crippen LogP contribution is 2.15. The Morgan fingerprint density at radius 1 is 1.88 bits per heavy atom. The smallest absolute Gasteiger partial charge is 0.262 e. The van der Waals surface area contributed by atoms with Crippen LogP contribution in [0.1, 0.15) is 0 Å². The zero-order chi connectivity index (χ0) is 5.98. The van der Waals surface area contributed by atoms with Gasteiger partial charge in [0.1, 0.15) is 0 Å². The molecular weight excluding hydrogens is 146 g/mol. The Bertz CT molecular complexity index is 135. The van der Waals surface area contributed by atoms with E-state index in [-0.39, 0.29) is 0 Å². The Morgan fingerprint density at radius 3 is 2.88 bits per heavy atom. The number of hydrogen-bond acceptors (Lipinski definition) is 2. The fourth-order valence-corrected chi connectivity index (χ4v) is 1.70. The van der Waals surface area contributed by atoms with Gasteiger partial charge in [0.15, 0.2) is 0 Å². The fourth-order valence-electron chi connectivity index (χ4n) is 0.368. The van der Waals surface area contributed by atoms with Gasteiger partial charge in [0, 0.05) is 6.20 Å². The van der Waals surface area contributed by atoms with Gasteiger partial charge in [0.2, 0.25) is 0 Å². The lowest BCUT2D eigenvalue weighted by Gasteiger charge is -2.05. The van der Waals surface area contributed by atoms with Gasteiger partial charge in [-0.3, -0.25) is 8.86 Å².